The van der Waals surface area contributed by atoms with Crippen molar-refractivity contribution in [2.24, 2.45) is 5.92 Å². The Kier molecular flexibility index (Phi) is 7.17. The summed E-state index contributed by atoms with van der Waals surface area (Å²) in [6, 6.07) is 8.77. The van der Waals surface area contributed by atoms with E-state index in [-0.39, 0.29) is 30.0 Å². The first-order valence-electron chi connectivity index (χ1n) is 11.2. The average molecular weight is 527 g/mol. The Morgan fingerprint density at radius 3 is 2.38 bits per heavy atom. The van der Waals surface area contributed by atoms with Crippen LogP contribution in [-0.2, 0) is 14.8 Å². The van der Waals surface area contributed by atoms with Gasteiger partial charge in [0.05, 0.1) is 29.2 Å². The number of pyridine rings is 1. The van der Waals surface area contributed by atoms with Crippen molar-refractivity contribution in [1.82, 2.24) is 10.0 Å². The molecule has 2 fully saturated rings. The fourth-order valence-electron chi connectivity index (χ4n) is 4.74. The van der Waals surface area contributed by atoms with Crippen LogP contribution in [0, 0.1) is 5.92 Å². The minimum atomic E-state index is -3.36. The Bertz CT molecular complexity index is 1150. The van der Waals surface area contributed by atoms with Crippen molar-refractivity contribution in [3.8, 4) is 5.75 Å². The smallest absolute Gasteiger partial charge is 0.257 e. The van der Waals surface area contributed by atoms with Crippen molar-refractivity contribution in [2.45, 2.75) is 57.7 Å². The zero-order chi connectivity index (χ0) is 24.6. The van der Waals surface area contributed by atoms with E-state index in [1.807, 2.05) is 19.9 Å². The van der Waals surface area contributed by atoms with Crippen molar-refractivity contribution < 1.29 is 18.0 Å². The fourth-order valence-corrected chi connectivity index (χ4v) is 5.73. The summed E-state index contributed by atoms with van der Waals surface area (Å²) in [5.74, 6) is 0.857. The summed E-state index contributed by atoms with van der Waals surface area (Å²) >= 11 is 12.3. The van der Waals surface area contributed by atoms with Crippen LogP contribution in [0.25, 0.3) is 0 Å². The lowest BCUT2D eigenvalue weighted by Gasteiger charge is -2.43. The zero-order valence-electron chi connectivity index (χ0n) is 19.2. The summed E-state index contributed by atoms with van der Waals surface area (Å²) in [5.41, 5.74) is 0.426. The van der Waals surface area contributed by atoms with Crippen LogP contribution in [0.15, 0.2) is 36.5 Å². The lowest BCUT2D eigenvalue weighted by Crippen LogP contribution is -2.54. The van der Waals surface area contributed by atoms with Gasteiger partial charge in [0.2, 0.25) is 10.0 Å². The number of amides is 1. The number of piperidine rings is 1. The average Bonchev–Trinajstić information content (AvgIpc) is 3.01. The summed E-state index contributed by atoms with van der Waals surface area (Å²) in [6.07, 6.45) is 6.06. The van der Waals surface area contributed by atoms with E-state index in [1.54, 1.807) is 24.3 Å². The molecule has 2 saturated heterocycles. The molecule has 184 valence electrons. The predicted molar refractivity (Wildman–Crippen MR) is 134 cm³/mol. The molecule has 0 saturated carbocycles. The minimum absolute atomic E-state index is 0.0989. The second-order valence-electron chi connectivity index (χ2n) is 9.18. The highest BCUT2D eigenvalue weighted by atomic mass is 35.5. The maximum Gasteiger partial charge on any atom is 0.257 e. The lowest BCUT2D eigenvalue weighted by atomic mass is 9.96. The molecule has 2 aliphatic rings. The number of fused-ring (bicyclic) bond motifs is 2. The third-order valence-electron chi connectivity index (χ3n) is 6.16. The molecular formula is C23H28Cl2N4O4S. The molecule has 34 heavy (non-hydrogen) atoms. The molecule has 2 aromatic rings. The maximum atomic E-state index is 13.1. The molecule has 0 radical (unpaired) electrons. The van der Waals surface area contributed by atoms with Gasteiger partial charge in [-0.2, -0.15) is 5.06 Å². The molecule has 11 heteroatoms. The Morgan fingerprint density at radius 1 is 1.18 bits per heavy atom. The first-order chi connectivity index (χ1) is 16.0. The van der Waals surface area contributed by atoms with Crippen LogP contribution in [0.2, 0.25) is 10.0 Å². The van der Waals surface area contributed by atoms with E-state index < -0.39 is 10.0 Å². The topological polar surface area (TPSA) is 91.8 Å². The van der Waals surface area contributed by atoms with Gasteiger partial charge < -0.3 is 9.74 Å². The molecule has 1 amide bonds. The van der Waals surface area contributed by atoms with Gasteiger partial charge in [-0.3, -0.25) is 9.52 Å². The molecule has 1 N–H and O–H groups in total. The number of hydroxylamine groups is 2. The largest absolute Gasteiger partial charge is 0.375 e. The molecule has 2 bridgehead atoms. The van der Waals surface area contributed by atoms with Gasteiger partial charge in [-0.25, -0.2) is 13.4 Å². The van der Waals surface area contributed by atoms with Gasteiger partial charge in [-0.15, -0.1) is 0 Å². The van der Waals surface area contributed by atoms with E-state index in [0.29, 0.717) is 21.5 Å². The van der Waals surface area contributed by atoms with E-state index in [4.69, 9.17) is 28.0 Å². The van der Waals surface area contributed by atoms with Crippen molar-refractivity contribution >= 4 is 50.6 Å². The minimum Gasteiger partial charge on any atom is -0.375 e. The number of halogens is 2. The SMILES string of the molecule is CC(C)C(=O)N(Oc1ccc(Cl)cc1Cl)C1C[C@H]2CC[C@@H](C1)N2c1ccc(NS(C)(=O)=O)cn1. The summed E-state index contributed by atoms with van der Waals surface area (Å²) < 4.78 is 25.4. The number of carbonyl (C=O) groups is 1. The Labute approximate surface area is 210 Å². The summed E-state index contributed by atoms with van der Waals surface area (Å²) in [7, 11) is -3.36. The van der Waals surface area contributed by atoms with Crippen LogP contribution >= 0.6 is 23.2 Å². The molecule has 8 nitrogen and oxygen atoms in total. The van der Waals surface area contributed by atoms with Crippen LogP contribution in [0.1, 0.15) is 39.5 Å². The number of rotatable bonds is 7. The zero-order valence-corrected chi connectivity index (χ0v) is 21.6. The number of nitrogens with one attached hydrogen (secondary N) is 1. The molecule has 2 aliphatic heterocycles. The van der Waals surface area contributed by atoms with Crippen molar-refractivity contribution in [1.29, 1.82) is 0 Å². The highest BCUT2D eigenvalue weighted by Crippen LogP contribution is 2.41. The van der Waals surface area contributed by atoms with E-state index in [9.17, 15) is 13.2 Å². The number of aromatic nitrogens is 1. The van der Waals surface area contributed by atoms with Crippen molar-refractivity contribution in [3.05, 3.63) is 46.6 Å². The number of hydrogen-bond donors (Lipinski definition) is 1. The molecule has 1 unspecified atom stereocenters. The highest BCUT2D eigenvalue weighted by molar-refractivity contribution is 7.92. The molecule has 1 aromatic heterocycles. The van der Waals surface area contributed by atoms with Crippen molar-refractivity contribution in [3.63, 3.8) is 0 Å². The second kappa shape index (κ2) is 9.79. The summed E-state index contributed by atoms with van der Waals surface area (Å²) in [6.45, 7) is 3.70. The standard InChI is InChI=1S/C23H28Cl2N4O4S/c1-14(2)23(30)29(33-21-8-4-15(24)10-20(21)25)19-11-17-6-7-18(12-19)28(17)22-9-5-16(13-26-22)27-34(3,31)32/h4-5,8-10,13-14,17-19,27H,6-7,11-12H2,1-3H3/t17-,18+,19?. The number of anilines is 2. The molecule has 3 atom stereocenters. The van der Waals surface area contributed by atoms with Gasteiger partial charge >= 0.3 is 0 Å². The van der Waals surface area contributed by atoms with Crippen LogP contribution < -0.4 is 14.5 Å². The van der Waals surface area contributed by atoms with Gasteiger partial charge in [-0.1, -0.05) is 37.0 Å². The Balaban J connectivity index is 1.53. The normalized spacial score (nSPS) is 22.1. The van der Waals surface area contributed by atoms with Crippen LogP contribution in [0.3, 0.4) is 0 Å². The number of hydrogen-bond acceptors (Lipinski definition) is 6. The highest BCUT2D eigenvalue weighted by Gasteiger charge is 2.45. The predicted octanol–water partition coefficient (Wildman–Crippen LogP) is 4.74. The third kappa shape index (κ3) is 5.53. The van der Waals surface area contributed by atoms with E-state index in [1.165, 1.54) is 11.3 Å². The maximum absolute atomic E-state index is 13.1. The second-order valence-corrected chi connectivity index (χ2v) is 11.8. The van der Waals surface area contributed by atoms with Crippen LogP contribution in [-0.4, -0.2) is 48.8 Å². The lowest BCUT2D eigenvalue weighted by molar-refractivity contribution is -0.172. The van der Waals surface area contributed by atoms with Crippen molar-refractivity contribution in [2.75, 3.05) is 15.9 Å². The summed E-state index contributed by atoms with van der Waals surface area (Å²) in [5, 5.41) is 2.34. The molecule has 0 spiro atoms. The third-order valence-corrected chi connectivity index (χ3v) is 7.29. The van der Waals surface area contributed by atoms with E-state index in [2.05, 4.69) is 14.6 Å². The Morgan fingerprint density at radius 2 is 1.85 bits per heavy atom. The molecule has 1 aromatic carbocycles. The monoisotopic (exact) mass is 526 g/mol. The van der Waals surface area contributed by atoms with Gasteiger partial charge in [0.25, 0.3) is 5.91 Å². The summed E-state index contributed by atoms with van der Waals surface area (Å²) in [4.78, 5) is 26.0. The van der Waals surface area contributed by atoms with Gasteiger partial charge in [0.15, 0.2) is 5.75 Å². The van der Waals surface area contributed by atoms with E-state index >= 15 is 0 Å². The van der Waals surface area contributed by atoms with Crippen LogP contribution in [0.4, 0.5) is 11.5 Å². The van der Waals surface area contributed by atoms with Crippen LogP contribution in [0.5, 0.6) is 5.75 Å². The number of sulfonamides is 1. The Hall–Kier alpha value is -2.23. The number of benzene rings is 1. The molecular weight excluding hydrogens is 499 g/mol. The van der Waals surface area contributed by atoms with Gasteiger partial charge in [-0.05, 0) is 56.0 Å². The van der Waals surface area contributed by atoms with Gasteiger partial charge in [0, 0.05) is 23.0 Å². The molecule has 4 rings (SSSR count). The quantitative estimate of drug-likeness (QED) is 0.524. The number of carbonyl (C=O) groups excluding carboxylic acids is 1. The number of nitrogens with zero attached hydrogens (tertiary/aromatic N) is 3. The first kappa shape index (κ1) is 24.9. The first-order valence-corrected chi connectivity index (χ1v) is 13.8. The molecule has 3 heterocycles. The van der Waals surface area contributed by atoms with Gasteiger partial charge in [0.1, 0.15) is 5.82 Å². The fraction of sp³-hybridized carbons (Fsp3) is 0.478. The molecule has 0 aliphatic carbocycles. The van der Waals surface area contributed by atoms with E-state index in [0.717, 1.165) is 37.8 Å².